The maximum atomic E-state index is 13.5. The largest absolute Gasteiger partial charge is 0.384 e. The molecule has 110 valence electrons. The van der Waals surface area contributed by atoms with Gasteiger partial charge in [0.05, 0.1) is 16.4 Å². The summed E-state index contributed by atoms with van der Waals surface area (Å²) in [4.78, 5) is 16.2. The second kappa shape index (κ2) is 6.67. The van der Waals surface area contributed by atoms with Crippen LogP contribution in [0.25, 0.3) is 0 Å². The monoisotopic (exact) mass is 351 g/mol. The van der Waals surface area contributed by atoms with Crippen LogP contribution in [0.2, 0.25) is 0 Å². The first-order valence-electron chi connectivity index (χ1n) is 6.48. The van der Waals surface area contributed by atoms with E-state index in [1.807, 2.05) is 6.92 Å². The minimum absolute atomic E-state index is 0.277. The number of nitrogens with one attached hydrogen (secondary N) is 2. The maximum Gasteiger partial charge on any atom is 0.274 e. The molecule has 0 spiro atoms. The third kappa shape index (κ3) is 3.78. The number of anilines is 2. The number of aryl methyl sites for hydroxylation is 1. The fraction of sp³-hybridized carbons (Fsp3) is 0.200. The summed E-state index contributed by atoms with van der Waals surface area (Å²) >= 11 is 3.11. The molecule has 1 heterocycles. The molecular formula is C15H15BrFN3O. The first-order valence-corrected chi connectivity index (χ1v) is 7.27. The predicted molar refractivity (Wildman–Crippen MR) is 85.2 cm³/mol. The van der Waals surface area contributed by atoms with Crippen LogP contribution < -0.4 is 10.6 Å². The lowest BCUT2D eigenvalue weighted by Gasteiger charge is -2.09. The smallest absolute Gasteiger partial charge is 0.274 e. The minimum atomic E-state index is -0.425. The van der Waals surface area contributed by atoms with Crippen molar-refractivity contribution >= 4 is 33.2 Å². The Hall–Kier alpha value is -1.95. The van der Waals surface area contributed by atoms with Gasteiger partial charge in [-0.25, -0.2) is 9.37 Å². The number of hydrogen-bond acceptors (Lipinski definition) is 3. The average Bonchev–Trinajstić information content (AvgIpc) is 2.46. The molecule has 6 heteroatoms. The van der Waals surface area contributed by atoms with Gasteiger partial charge in [-0.3, -0.25) is 4.79 Å². The van der Waals surface area contributed by atoms with Gasteiger partial charge in [-0.15, -0.1) is 0 Å². The van der Waals surface area contributed by atoms with Gasteiger partial charge in [0.2, 0.25) is 0 Å². The Labute approximate surface area is 130 Å². The summed E-state index contributed by atoms with van der Waals surface area (Å²) in [6.45, 7) is 4.55. The van der Waals surface area contributed by atoms with Crippen molar-refractivity contribution in [2.45, 2.75) is 13.8 Å². The van der Waals surface area contributed by atoms with Crippen LogP contribution >= 0.6 is 15.9 Å². The summed E-state index contributed by atoms with van der Waals surface area (Å²) in [5.74, 6) is -0.797. The normalized spacial score (nSPS) is 10.3. The van der Waals surface area contributed by atoms with Gasteiger partial charge in [0.1, 0.15) is 11.5 Å². The van der Waals surface area contributed by atoms with Crippen molar-refractivity contribution in [2.75, 3.05) is 17.2 Å². The molecule has 1 aromatic carbocycles. The molecule has 1 amide bonds. The van der Waals surface area contributed by atoms with Gasteiger partial charge in [-0.05, 0) is 59.6 Å². The van der Waals surface area contributed by atoms with E-state index >= 15 is 0 Å². The molecule has 0 fully saturated rings. The molecule has 0 unspecified atom stereocenters. The van der Waals surface area contributed by atoms with Crippen molar-refractivity contribution in [1.82, 2.24) is 4.98 Å². The molecular weight excluding hydrogens is 337 g/mol. The zero-order chi connectivity index (χ0) is 15.4. The van der Waals surface area contributed by atoms with E-state index in [1.165, 1.54) is 6.07 Å². The number of carbonyl (C=O) groups is 1. The molecule has 1 aromatic heterocycles. The molecule has 2 aromatic rings. The van der Waals surface area contributed by atoms with Crippen molar-refractivity contribution in [3.63, 3.8) is 0 Å². The number of rotatable bonds is 4. The Morgan fingerprint density at radius 2 is 2.14 bits per heavy atom. The third-order valence-corrected chi connectivity index (χ3v) is 3.50. The Bertz CT molecular complexity index is 659. The molecule has 0 radical (unpaired) electrons. The second-order valence-corrected chi connectivity index (χ2v) is 5.35. The summed E-state index contributed by atoms with van der Waals surface area (Å²) in [5.41, 5.74) is 2.32. The average molecular weight is 352 g/mol. The van der Waals surface area contributed by atoms with Crippen LogP contribution in [0.4, 0.5) is 15.8 Å². The highest BCUT2D eigenvalue weighted by Gasteiger charge is 2.11. The number of hydrogen-bond donors (Lipinski definition) is 2. The summed E-state index contributed by atoms with van der Waals surface area (Å²) in [6.07, 6.45) is 1.59. The molecule has 21 heavy (non-hydrogen) atoms. The quantitative estimate of drug-likeness (QED) is 0.875. The van der Waals surface area contributed by atoms with Crippen molar-refractivity contribution in [2.24, 2.45) is 0 Å². The summed E-state index contributed by atoms with van der Waals surface area (Å²) in [6, 6.07) is 6.30. The van der Waals surface area contributed by atoms with Crippen LogP contribution in [0, 0.1) is 12.7 Å². The van der Waals surface area contributed by atoms with Gasteiger partial charge in [-0.2, -0.15) is 0 Å². The van der Waals surface area contributed by atoms with Crippen molar-refractivity contribution in [3.8, 4) is 0 Å². The van der Waals surface area contributed by atoms with Gasteiger partial charge in [0.15, 0.2) is 0 Å². The Morgan fingerprint density at radius 1 is 1.38 bits per heavy atom. The number of benzene rings is 1. The minimum Gasteiger partial charge on any atom is -0.384 e. The lowest BCUT2D eigenvalue weighted by Crippen LogP contribution is -2.14. The highest BCUT2D eigenvalue weighted by Crippen LogP contribution is 2.24. The number of halogens is 2. The first kappa shape index (κ1) is 15.4. The highest BCUT2D eigenvalue weighted by molar-refractivity contribution is 9.10. The Morgan fingerprint density at radius 3 is 2.76 bits per heavy atom. The number of aromatic nitrogens is 1. The predicted octanol–water partition coefficient (Wildman–Crippen LogP) is 3.98. The fourth-order valence-electron chi connectivity index (χ4n) is 1.80. The first-order chi connectivity index (χ1) is 10.0. The standard InChI is InChI=1S/C15H15BrFN3O/c1-3-18-10-4-5-13(19-8-10)15(21)20-14-7-12(17)11(16)6-9(14)2/h4-8,18H,3H2,1-2H3,(H,20,21). The molecule has 0 aliphatic rings. The van der Waals surface area contributed by atoms with E-state index in [0.717, 1.165) is 17.8 Å². The molecule has 0 saturated carbocycles. The van der Waals surface area contributed by atoms with E-state index < -0.39 is 5.82 Å². The van der Waals surface area contributed by atoms with Crippen LogP contribution in [0.3, 0.4) is 0 Å². The molecule has 0 aliphatic heterocycles. The number of carbonyl (C=O) groups excluding carboxylic acids is 1. The van der Waals surface area contributed by atoms with Crippen LogP contribution in [-0.2, 0) is 0 Å². The molecule has 2 N–H and O–H groups in total. The zero-order valence-corrected chi connectivity index (χ0v) is 13.3. The van der Waals surface area contributed by atoms with Crippen molar-refractivity contribution in [3.05, 3.63) is 52.0 Å². The van der Waals surface area contributed by atoms with Crippen LogP contribution in [0.5, 0.6) is 0 Å². The second-order valence-electron chi connectivity index (χ2n) is 4.50. The molecule has 0 atom stereocenters. The topological polar surface area (TPSA) is 54.0 Å². The van der Waals surface area contributed by atoms with E-state index in [-0.39, 0.29) is 11.6 Å². The van der Waals surface area contributed by atoms with Crippen molar-refractivity contribution in [1.29, 1.82) is 0 Å². The lowest BCUT2D eigenvalue weighted by atomic mass is 10.2. The fourth-order valence-corrected chi connectivity index (χ4v) is 2.26. The van der Waals surface area contributed by atoms with E-state index in [1.54, 1.807) is 31.3 Å². The summed E-state index contributed by atoms with van der Waals surface area (Å²) < 4.78 is 13.9. The van der Waals surface area contributed by atoms with E-state index in [0.29, 0.717) is 10.2 Å². The Kier molecular flexibility index (Phi) is 4.90. The SMILES string of the molecule is CCNc1ccc(C(=O)Nc2cc(F)c(Br)cc2C)nc1. The molecule has 2 rings (SSSR count). The molecule has 4 nitrogen and oxygen atoms in total. The van der Waals surface area contributed by atoms with E-state index in [9.17, 15) is 9.18 Å². The lowest BCUT2D eigenvalue weighted by molar-refractivity contribution is 0.102. The zero-order valence-electron chi connectivity index (χ0n) is 11.7. The number of amides is 1. The van der Waals surface area contributed by atoms with Crippen molar-refractivity contribution < 1.29 is 9.18 Å². The van der Waals surface area contributed by atoms with Gasteiger partial charge in [-0.1, -0.05) is 0 Å². The van der Waals surface area contributed by atoms with E-state index in [4.69, 9.17) is 0 Å². The van der Waals surface area contributed by atoms with E-state index in [2.05, 4.69) is 31.5 Å². The van der Waals surface area contributed by atoms with Gasteiger partial charge < -0.3 is 10.6 Å². The van der Waals surface area contributed by atoms with Crippen LogP contribution in [-0.4, -0.2) is 17.4 Å². The highest BCUT2D eigenvalue weighted by atomic mass is 79.9. The molecule has 0 aliphatic carbocycles. The molecule has 0 bridgehead atoms. The van der Waals surface area contributed by atoms with Crippen LogP contribution in [0.15, 0.2) is 34.9 Å². The molecule has 0 saturated heterocycles. The van der Waals surface area contributed by atoms with Crippen LogP contribution in [0.1, 0.15) is 23.0 Å². The maximum absolute atomic E-state index is 13.5. The number of pyridine rings is 1. The summed E-state index contributed by atoms with van der Waals surface area (Å²) in [5, 5.41) is 5.76. The third-order valence-electron chi connectivity index (χ3n) is 2.89. The van der Waals surface area contributed by atoms with Gasteiger partial charge in [0, 0.05) is 12.2 Å². The summed E-state index contributed by atoms with van der Waals surface area (Å²) in [7, 11) is 0. The van der Waals surface area contributed by atoms with Gasteiger partial charge in [0.25, 0.3) is 5.91 Å². The number of nitrogens with zero attached hydrogens (tertiary/aromatic N) is 1. The van der Waals surface area contributed by atoms with Gasteiger partial charge >= 0.3 is 0 Å². The Balaban J connectivity index is 2.16.